The average molecular weight is 224 g/mol. The van der Waals surface area contributed by atoms with Crippen LogP contribution in [0.3, 0.4) is 0 Å². The first-order valence-corrected chi connectivity index (χ1v) is 7.22. The summed E-state index contributed by atoms with van der Waals surface area (Å²) in [6, 6.07) is 1.63. The Balaban J connectivity index is 1.85. The van der Waals surface area contributed by atoms with Gasteiger partial charge in [0.2, 0.25) is 0 Å². The molecule has 1 aliphatic carbocycles. The molecule has 94 valence electrons. The molecule has 0 amide bonds. The monoisotopic (exact) mass is 224 g/mol. The number of likely N-dealkylation sites (N-methyl/N-ethyl adjacent to an activating group) is 1. The first-order chi connectivity index (χ1) is 7.74. The number of rotatable bonds is 6. The molecule has 0 spiro atoms. The molecule has 0 radical (unpaired) electrons. The third kappa shape index (κ3) is 2.60. The van der Waals surface area contributed by atoms with Crippen LogP contribution in [-0.4, -0.2) is 36.6 Å². The number of fused-ring (bicyclic) bond motifs is 2. The minimum absolute atomic E-state index is 0.703. The molecule has 2 heteroatoms. The van der Waals surface area contributed by atoms with Crippen molar-refractivity contribution < 1.29 is 0 Å². The largest absolute Gasteiger partial charge is 0.313 e. The maximum atomic E-state index is 3.68. The number of nitrogens with zero attached hydrogens (tertiary/aromatic N) is 1. The van der Waals surface area contributed by atoms with Crippen LogP contribution in [0, 0.1) is 11.8 Å². The number of hydrogen-bond donors (Lipinski definition) is 1. The lowest BCUT2D eigenvalue weighted by atomic mass is 9.97. The lowest BCUT2D eigenvalue weighted by Crippen LogP contribution is -2.47. The fourth-order valence-electron chi connectivity index (χ4n) is 3.50. The molecule has 2 rings (SSSR count). The van der Waals surface area contributed by atoms with Crippen LogP contribution < -0.4 is 5.32 Å². The van der Waals surface area contributed by atoms with Crippen LogP contribution in [0.4, 0.5) is 0 Å². The Hall–Kier alpha value is -0.0800. The molecule has 2 aliphatic rings. The molecule has 2 nitrogen and oxygen atoms in total. The molecule has 2 bridgehead atoms. The van der Waals surface area contributed by atoms with Crippen molar-refractivity contribution in [3.05, 3.63) is 0 Å². The summed E-state index contributed by atoms with van der Waals surface area (Å²) >= 11 is 0. The molecule has 1 saturated heterocycles. The zero-order valence-corrected chi connectivity index (χ0v) is 11.2. The molecular formula is C14H28N2. The lowest BCUT2D eigenvalue weighted by molar-refractivity contribution is 0.171. The van der Waals surface area contributed by atoms with Gasteiger partial charge in [0.15, 0.2) is 0 Å². The minimum Gasteiger partial charge on any atom is -0.313 e. The lowest BCUT2D eigenvalue weighted by Gasteiger charge is -2.33. The Morgan fingerprint density at radius 1 is 1.31 bits per heavy atom. The van der Waals surface area contributed by atoms with Crippen LogP contribution in [0.15, 0.2) is 0 Å². The van der Waals surface area contributed by atoms with E-state index < -0.39 is 0 Å². The van der Waals surface area contributed by atoms with E-state index in [0.717, 1.165) is 24.4 Å². The molecule has 4 unspecified atom stereocenters. The molecule has 1 aliphatic heterocycles. The van der Waals surface area contributed by atoms with Gasteiger partial charge in [-0.3, -0.25) is 4.90 Å². The third-order valence-electron chi connectivity index (χ3n) is 4.75. The van der Waals surface area contributed by atoms with Gasteiger partial charge in [0.25, 0.3) is 0 Å². The molecule has 1 saturated carbocycles. The highest BCUT2D eigenvalue weighted by molar-refractivity contribution is 4.94. The zero-order valence-electron chi connectivity index (χ0n) is 11.2. The van der Waals surface area contributed by atoms with E-state index in [2.05, 4.69) is 31.0 Å². The summed E-state index contributed by atoms with van der Waals surface area (Å²) in [6.07, 6.45) is 5.74. The summed E-state index contributed by atoms with van der Waals surface area (Å²) in [5.41, 5.74) is 0. The average Bonchev–Trinajstić information content (AvgIpc) is 2.89. The zero-order chi connectivity index (χ0) is 11.5. The molecule has 2 fully saturated rings. The van der Waals surface area contributed by atoms with E-state index in [1.54, 1.807) is 0 Å². The van der Waals surface area contributed by atoms with Gasteiger partial charge in [-0.2, -0.15) is 0 Å². The predicted octanol–water partition coefficient (Wildman–Crippen LogP) is 2.49. The fourth-order valence-corrected chi connectivity index (χ4v) is 3.50. The molecule has 1 N–H and O–H groups in total. The normalized spacial score (nSPS) is 33.2. The van der Waals surface area contributed by atoms with E-state index >= 15 is 0 Å². The minimum atomic E-state index is 0.703. The highest BCUT2D eigenvalue weighted by atomic mass is 15.2. The van der Waals surface area contributed by atoms with E-state index in [0.29, 0.717) is 6.04 Å². The molecule has 0 aromatic carbocycles. The van der Waals surface area contributed by atoms with Gasteiger partial charge in [-0.15, -0.1) is 0 Å². The van der Waals surface area contributed by atoms with Gasteiger partial charge in [0.1, 0.15) is 0 Å². The summed E-state index contributed by atoms with van der Waals surface area (Å²) in [5, 5.41) is 3.68. The first-order valence-electron chi connectivity index (χ1n) is 7.22. The van der Waals surface area contributed by atoms with Crippen LogP contribution in [0.1, 0.15) is 46.5 Å². The van der Waals surface area contributed by atoms with Crippen LogP contribution >= 0.6 is 0 Å². The van der Waals surface area contributed by atoms with Gasteiger partial charge < -0.3 is 5.32 Å². The first kappa shape index (κ1) is 12.4. The van der Waals surface area contributed by atoms with E-state index in [1.165, 1.54) is 38.8 Å². The van der Waals surface area contributed by atoms with Crippen molar-refractivity contribution in [2.45, 2.75) is 58.5 Å². The number of likely N-dealkylation sites (tertiary alicyclic amines) is 1. The van der Waals surface area contributed by atoms with Gasteiger partial charge in [0, 0.05) is 25.2 Å². The van der Waals surface area contributed by atoms with Crippen molar-refractivity contribution in [1.29, 1.82) is 0 Å². The van der Waals surface area contributed by atoms with Crippen molar-refractivity contribution in [3.8, 4) is 0 Å². The van der Waals surface area contributed by atoms with E-state index in [-0.39, 0.29) is 0 Å². The van der Waals surface area contributed by atoms with E-state index in [1.807, 2.05) is 0 Å². The number of nitrogens with one attached hydrogen (secondary N) is 1. The Labute approximate surface area is 101 Å². The van der Waals surface area contributed by atoms with E-state index in [4.69, 9.17) is 0 Å². The molecule has 1 heterocycles. The van der Waals surface area contributed by atoms with Crippen molar-refractivity contribution in [2.24, 2.45) is 11.8 Å². The third-order valence-corrected chi connectivity index (χ3v) is 4.75. The van der Waals surface area contributed by atoms with Crippen molar-refractivity contribution in [3.63, 3.8) is 0 Å². The smallest absolute Gasteiger partial charge is 0.0220 e. The summed E-state index contributed by atoms with van der Waals surface area (Å²) < 4.78 is 0. The second-order valence-corrected chi connectivity index (χ2v) is 5.84. The van der Waals surface area contributed by atoms with Gasteiger partial charge in [-0.05, 0) is 37.6 Å². The number of hydrogen-bond acceptors (Lipinski definition) is 2. The molecule has 4 atom stereocenters. The Morgan fingerprint density at radius 2 is 2.12 bits per heavy atom. The standard InChI is InChI=1S/C14H28N2/c1-4-11(3)14(15-5-2)10-16-9-12-6-7-13(16)8-12/h11-15H,4-10H2,1-3H3. The van der Waals surface area contributed by atoms with Crippen LogP contribution in [0.2, 0.25) is 0 Å². The Kier molecular flexibility index (Phi) is 4.26. The van der Waals surface area contributed by atoms with Crippen LogP contribution in [0.25, 0.3) is 0 Å². The molecule has 0 aromatic rings. The van der Waals surface area contributed by atoms with Crippen molar-refractivity contribution in [2.75, 3.05) is 19.6 Å². The SMILES string of the molecule is CCNC(CN1CC2CCC1C2)C(C)CC. The highest BCUT2D eigenvalue weighted by Crippen LogP contribution is 2.37. The quantitative estimate of drug-likeness (QED) is 0.746. The van der Waals surface area contributed by atoms with Crippen LogP contribution in [-0.2, 0) is 0 Å². The van der Waals surface area contributed by atoms with Gasteiger partial charge in [0.05, 0.1) is 0 Å². The maximum absolute atomic E-state index is 3.68. The summed E-state index contributed by atoms with van der Waals surface area (Å²) in [4.78, 5) is 2.76. The second-order valence-electron chi connectivity index (χ2n) is 5.84. The number of piperidine rings is 1. The van der Waals surface area contributed by atoms with Crippen molar-refractivity contribution >= 4 is 0 Å². The van der Waals surface area contributed by atoms with Crippen molar-refractivity contribution in [1.82, 2.24) is 10.2 Å². The highest BCUT2D eigenvalue weighted by Gasteiger charge is 2.38. The second kappa shape index (κ2) is 5.50. The Bertz CT molecular complexity index is 217. The van der Waals surface area contributed by atoms with E-state index in [9.17, 15) is 0 Å². The summed E-state index contributed by atoms with van der Waals surface area (Å²) in [5.74, 6) is 1.84. The molecule has 0 aromatic heterocycles. The topological polar surface area (TPSA) is 15.3 Å². The summed E-state index contributed by atoms with van der Waals surface area (Å²) in [7, 11) is 0. The molecular weight excluding hydrogens is 196 g/mol. The van der Waals surface area contributed by atoms with Gasteiger partial charge in [-0.1, -0.05) is 27.2 Å². The van der Waals surface area contributed by atoms with Crippen LogP contribution in [0.5, 0.6) is 0 Å². The maximum Gasteiger partial charge on any atom is 0.0220 e. The predicted molar refractivity (Wildman–Crippen MR) is 69.6 cm³/mol. The molecule has 16 heavy (non-hydrogen) atoms. The fraction of sp³-hybridized carbons (Fsp3) is 1.00. The van der Waals surface area contributed by atoms with Gasteiger partial charge in [-0.25, -0.2) is 0 Å². The van der Waals surface area contributed by atoms with Gasteiger partial charge >= 0.3 is 0 Å². The summed E-state index contributed by atoms with van der Waals surface area (Å²) in [6.45, 7) is 10.7. The Morgan fingerprint density at radius 3 is 2.62 bits per heavy atom.